The van der Waals surface area contributed by atoms with E-state index in [9.17, 15) is 23.1 Å². The number of benzene rings is 1. The maximum absolute atomic E-state index is 12.6. The first-order valence-electron chi connectivity index (χ1n) is 7.89. The van der Waals surface area contributed by atoms with E-state index in [4.69, 9.17) is 0 Å². The molecular weight excluding hydrogens is 349 g/mol. The molecule has 2 N–H and O–H groups in total. The Morgan fingerprint density at radius 1 is 1.19 bits per heavy atom. The van der Waals surface area contributed by atoms with E-state index in [1.54, 1.807) is 19.3 Å². The Labute approximate surface area is 147 Å². The van der Waals surface area contributed by atoms with Crippen molar-refractivity contribution >= 4 is 6.03 Å². The number of rotatable bonds is 3. The minimum Gasteiger partial charge on any atom is -0.378 e. The van der Waals surface area contributed by atoms with Crippen LogP contribution in [-0.4, -0.2) is 50.9 Å². The standard InChI is InChI=1S/C17H17F3N4O2/c1-11(23-15(25)24-8-16(26,9-24)17(18,19)20)12-2-4-13(5-3-12)14-6-21-10-22-7-14/h2-7,10-11,26H,8-9H2,1H3,(H,23,25). The van der Waals surface area contributed by atoms with E-state index in [0.29, 0.717) is 0 Å². The van der Waals surface area contributed by atoms with Crippen molar-refractivity contribution in [2.24, 2.45) is 0 Å². The maximum Gasteiger partial charge on any atom is 0.420 e. The van der Waals surface area contributed by atoms with Gasteiger partial charge in [0, 0.05) is 18.0 Å². The first kappa shape index (κ1) is 18.1. The van der Waals surface area contributed by atoms with Crippen molar-refractivity contribution in [3.63, 3.8) is 0 Å². The Morgan fingerprint density at radius 2 is 1.77 bits per heavy atom. The van der Waals surface area contributed by atoms with Crippen LogP contribution < -0.4 is 5.32 Å². The van der Waals surface area contributed by atoms with E-state index in [-0.39, 0.29) is 0 Å². The van der Waals surface area contributed by atoms with Gasteiger partial charge in [0.25, 0.3) is 0 Å². The van der Waals surface area contributed by atoms with E-state index < -0.39 is 36.9 Å². The van der Waals surface area contributed by atoms with Gasteiger partial charge in [-0.2, -0.15) is 13.2 Å². The van der Waals surface area contributed by atoms with Crippen molar-refractivity contribution in [2.75, 3.05) is 13.1 Å². The number of urea groups is 1. The van der Waals surface area contributed by atoms with Gasteiger partial charge in [-0.1, -0.05) is 24.3 Å². The molecule has 0 saturated carbocycles. The number of carbonyl (C=O) groups excluding carboxylic acids is 1. The SMILES string of the molecule is CC(NC(=O)N1CC(O)(C(F)(F)F)C1)c1ccc(-c2cncnc2)cc1. The number of hydrogen-bond donors (Lipinski definition) is 2. The van der Waals surface area contributed by atoms with Crippen molar-refractivity contribution in [2.45, 2.75) is 24.7 Å². The number of hydrogen-bond acceptors (Lipinski definition) is 4. The summed E-state index contributed by atoms with van der Waals surface area (Å²) in [5.74, 6) is 0. The summed E-state index contributed by atoms with van der Waals surface area (Å²) in [7, 11) is 0. The number of nitrogens with zero attached hydrogens (tertiary/aromatic N) is 3. The molecule has 1 aromatic heterocycles. The summed E-state index contributed by atoms with van der Waals surface area (Å²) in [5.41, 5.74) is -0.258. The molecule has 1 atom stereocenters. The minimum atomic E-state index is -4.74. The summed E-state index contributed by atoms with van der Waals surface area (Å²) in [6, 6.07) is 6.28. The summed E-state index contributed by atoms with van der Waals surface area (Å²) in [6.07, 6.45) is 0.0508. The minimum absolute atomic E-state index is 0.400. The van der Waals surface area contributed by atoms with Crippen LogP contribution in [0.3, 0.4) is 0 Å². The third-order valence-electron chi connectivity index (χ3n) is 4.36. The lowest BCUT2D eigenvalue weighted by molar-refractivity contribution is -0.294. The van der Waals surface area contributed by atoms with E-state index in [0.717, 1.165) is 21.6 Å². The third-order valence-corrected chi connectivity index (χ3v) is 4.36. The smallest absolute Gasteiger partial charge is 0.378 e. The lowest BCUT2D eigenvalue weighted by Gasteiger charge is -2.46. The van der Waals surface area contributed by atoms with Crippen LogP contribution in [0.1, 0.15) is 18.5 Å². The molecule has 0 spiro atoms. The Morgan fingerprint density at radius 3 is 2.31 bits per heavy atom. The highest BCUT2D eigenvalue weighted by atomic mass is 19.4. The fraction of sp³-hybridized carbons (Fsp3) is 0.353. The molecule has 1 saturated heterocycles. The predicted octanol–water partition coefficient (Wildman–Crippen LogP) is 2.52. The third kappa shape index (κ3) is 3.48. The van der Waals surface area contributed by atoms with E-state index >= 15 is 0 Å². The van der Waals surface area contributed by atoms with Crippen molar-refractivity contribution in [1.29, 1.82) is 0 Å². The number of aliphatic hydroxyl groups is 1. The van der Waals surface area contributed by atoms with Gasteiger partial charge >= 0.3 is 12.2 Å². The number of carbonyl (C=O) groups is 1. The number of aromatic nitrogens is 2. The summed E-state index contributed by atoms with van der Waals surface area (Å²) in [4.78, 5) is 20.9. The molecule has 1 fully saturated rings. The Balaban J connectivity index is 1.59. The van der Waals surface area contributed by atoms with Gasteiger partial charge in [0.05, 0.1) is 19.1 Å². The molecule has 6 nitrogen and oxygen atoms in total. The van der Waals surface area contributed by atoms with Gasteiger partial charge in [-0.15, -0.1) is 0 Å². The molecule has 1 unspecified atom stereocenters. The second-order valence-corrected chi connectivity index (χ2v) is 6.31. The fourth-order valence-corrected chi connectivity index (χ4v) is 2.68. The predicted molar refractivity (Wildman–Crippen MR) is 87.0 cm³/mol. The Bertz CT molecular complexity index is 775. The zero-order valence-corrected chi connectivity index (χ0v) is 13.9. The number of likely N-dealkylation sites (tertiary alicyclic amines) is 1. The van der Waals surface area contributed by atoms with Gasteiger partial charge in [-0.25, -0.2) is 14.8 Å². The van der Waals surface area contributed by atoms with Crippen LogP contribution >= 0.6 is 0 Å². The van der Waals surface area contributed by atoms with Crippen LogP contribution in [0.2, 0.25) is 0 Å². The fourth-order valence-electron chi connectivity index (χ4n) is 2.68. The Kier molecular flexibility index (Phi) is 4.57. The van der Waals surface area contributed by atoms with Crippen LogP contribution in [-0.2, 0) is 0 Å². The number of β-amino-alcohol motifs (C(OH)–C–C–N with tert-alkyl or cyclic N) is 1. The zero-order chi connectivity index (χ0) is 18.9. The molecule has 1 aliphatic heterocycles. The highest BCUT2D eigenvalue weighted by molar-refractivity contribution is 5.76. The summed E-state index contributed by atoms with van der Waals surface area (Å²) < 4.78 is 37.8. The monoisotopic (exact) mass is 366 g/mol. The van der Waals surface area contributed by atoms with Crippen LogP contribution in [0.5, 0.6) is 0 Å². The highest BCUT2D eigenvalue weighted by Crippen LogP contribution is 2.37. The first-order valence-corrected chi connectivity index (χ1v) is 7.89. The van der Waals surface area contributed by atoms with Crippen LogP contribution in [0.15, 0.2) is 43.0 Å². The molecule has 26 heavy (non-hydrogen) atoms. The molecule has 0 radical (unpaired) electrons. The van der Waals surface area contributed by atoms with Crippen LogP contribution in [0, 0.1) is 0 Å². The van der Waals surface area contributed by atoms with E-state index in [2.05, 4.69) is 15.3 Å². The van der Waals surface area contributed by atoms with Gasteiger partial charge in [0.15, 0.2) is 5.60 Å². The van der Waals surface area contributed by atoms with Crippen LogP contribution in [0.4, 0.5) is 18.0 Å². The molecule has 9 heteroatoms. The molecule has 2 heterocycles. The second kappa shape index (κ2) is 6.56. The molecule has 0 aliphatic carbocycles. The quantitative estimate of drug-likeness (QED) is 0.875. The number of nitrogens with one attached hydrogen (secondary N) is 1. The molecule has 1 aliphatic rings. The molecule has 2 aromatic rings. The number of amides is 2. The van der Waals surface area contributed by atoms with E-state index in [1.165, 1.54) is 6.33 Å². The summed E-state index contributed by atoms with van der Waals surface area (Å²) in [5, 5.41) is 12.0. The van der Waals surface area contributed by atoms with Crippen molar-refractivity contribution in [3.05, 3.63) is 48.5 Å². The summed E-state index contributed by atoms with van der Waals surface area (Å²) >= 11 is 0. The van der Waals surface area contributed by atoms with Gasteiger partial charge < -0.3 is 15.3 Å². The van der Waals surface area contributed by atoms with Gasteiger partial charge in [0.1, 0.15) is 6.33 Å². The van der Waals surface area contributed by atoms with Crippen molar-refractivity contribution < 1.29 is 23.1 Å². The van der Waals surface area contributed by atoms with Crippen molar-refractivity contribution in [3.8, 4) is 11.1 Å². The largest absolute Gasteiger partial charge is 0.420 e. The average Bonchev–Trinajstić information content (AvgIpc) is 2.58. The number of halogens is 3. The summed E-state index contributed by atoms with van der Waals surface area (Å²) in [6.45, 7) is 0.207. The van der Waals surface area contributed by atoms with Gasteiger partial charge in [0.2, 0.25) is 0 Å². The maximum atomic E-state index is 12.6. The normalized spacial score (nSPS) is 17.3. The topological polar surface area (TPSA) is 78.4 Å². The highest BCUT2D eigenvalue weighted by Gasteiger charge is 2.62. The van der Waals surface area contributed by atoms with Gasteiger partial charge in [-0.05, 0) is 18.1 Å². The second-order valence-electron chi connectivity index (χ2n) is 6.31. The average molecular weight is 366 g/mol. The zero-order valence-electron chi connectivity index (χ0n) is 13.9. The molecular formula is C17H17F3N4O2. The Hall–Kier alpha value is -2.68. The van der Waals surface area contributed by atoms with E-state index in [1.807, 2.05) is 24.3 Å². The molecule has 0 bridgehead atoms. The number of alkyl halides is 3. The molecule has 1 aromatic carbocycles. The van der Waals surface area contributed by atoms with Gasteiger partial charge in [-0.3, -0.25) is 0 Å². The lowest BCUT2D eigenvalue weighted by atomic mass is 9.94. The van der Waals surface area contributed by atoms with Crippen molar-refractivity contribution in [1.82, 2.24) is 20.2 Å². The lowest BCUT2D eigenvalue weighted by Crippen LogP contribution is -2.71. The molecule has 3 rings (SSSR count). The molecule has 2 amide bonds. The molecule has 138 valence electrons. The first-order chi connectivity index (χ1) is 12.2. The van der Waals surface area contributed by atoms with Crippen LogP contribution in [0.25, 0.3) is 11.1 Å².